The minimum Gasteiger partial charge on any atom is -0.453 e. The molecule has 5 atom stereocenters. The molecule has 4 N–H and O–H groups in total. The molecule has 2 fully saturated rings. The van der Waals surface area contributed by atoms with Crippen molar-refractivity contribution in [2.24, 2.45) is 11.8 Å². The van der Waals surface area contributed by atoms with E-state index in [1.54, 1.807) is 4.90 Å². The van der Waals surface area contributed by atoms with Gasteiger partial charge in [0.2, 0.25) is 11.8 Å². The summed E-state index contributed by atoms with van der Waals surface area (Å²) in [6.45, 7) is 7.48. The van der Waals surface area contributed by atoms with Crippen LogP contribution in [-0.2, 0) is 30.4 Å². The van der Waals surface area contributed by atoms with Crippen molar-refractivity contribution in [1.82, 2.24) is 40.4 Å². The van der Waals surface area contributed by atoms with Crippen molar-refractivity contribution in [2.75, 3.05) is 33.9 Å². The monoisotopic (exact) mass is 792 g/mol. The highest BCUT2D eigenvalue weighted by molar-refractivity contribution is 5.87. The first kappa shape index (κ1) is 40.2. The highest BCUT2D eigenvalue weighted by Crippen LogP contribution is 2.36. The molecule has 0 saturated carbocycles. The number of hydrogen-bond acceptors (Lipinski definition) is 9. The molecule has 2 bridgehead atoms. The van der Waals surface area contributed by atoms with Gasteiger partial charge in [-0.25, -0.2) is 19.6 Å². The predicted molar refractivity (Wildman–Crippen MR) is 216 cm³/mol. The Balaban J connectivity index is 1.06. The van der Waals surface area contributed by atoms with Gasteiger partial charge >= 0.3 is 12.2 Å². The molecule has 2 aromatic heterocycles. The summed E-state index contributed by atoms with van der Waals surface area (Å²) in [4.78, 5) is 72.0. The van der Waals surface area contributed by atoms with Crippen LogP contribution in [-0.4, -0.2) is 99.7 Å². The van der Waals surface area contributed by atoms with Crippen LogP contribution in [0.4, 0.5) is 9.59 Å². The summed E-state index contributed by atoms with van der Waals surface area (Å²) in [6.07, 6.45) is 7.53. The number of carbonyl (C=O) groups is 4. The smallest absolute Gasteiger partial charge is 0.407 e. The lowest BCUT2D eigenvalue weighted by atomic mass is 9.99. The molecule has 0 spiro atoms. The third-order valence-corrected chi connectivity index (χ3v) is 11.3. The van der Waals surface area contributed by atoms with Gasteiger partial charge in [-0.2, -0.15) is 0 Å². The largest absolute Gasteiger partial charge is 0.453 e. The van der Waals surface area contributed by atoms with Gasteiger partial charge in [0.15, 0.2) is 0 Å². The number of rotatable bonds is 8. The van der Waals surface area contributed by atoms with E-state index in [4.69, 9.17) is 24.2 Å². The first-order valence-electron chi connectivity index (χ1n) is 20.0. The molecule has 15 nitrogen and oxygen atoms in total. The maximum atomic E-state index is 13.9. The van der Waals surface area contributed by atoms with E-state index >= 15 is 0 Å². The molecule has 7 rings (SSSR count). The van der Waals surface area contributed by atoms with Crippen LogP contribution in [0.2, 0.25) is 0 Å². The van der Waals surface area contributed by atoms with Crippen LogP contribution in [0.5, 0.6) is 0 Å². The Bertz CT molecular complexity index is 2130. The number of methoxy groups -OCH3 is 2. The number of carbonyl (C=O) groups excluding carboxylic acids is 4. The van der Waals surface area contributed by atoms with Crippen LogP contribution in [0.25, 0.3) is 33.6 Å². The van der Waals surface area contributed by atoms with Gasteiger partial charge in [-0.1, -0.05) is 81.5 Å². The Labute approximate surface area is 337 Å². The summed E-state index contributed by atoms with van der Waals surface area (Å²) < 4.78 is 15.6. The summed E-state index contributed by atoms with van der Waals surface area (Å²) >= 11 is 0. The second kappa shape index (κ2) is 17.7. The number of nitrogens with one attached hydrogen (secondary N) is 4. The topological polar surface area (TPSA) is 184 Å². The Hall–Kier alpha value is -5.96. The van der Waals surface area contributed by atoms with E-state index in [1.165, 1.54) is 14.2 Å². The van der Waals surface area contributed by atoms with Crippen molar-refractivity contribution in [3.63, 3.8) is 0 Å². The highest BCUT2D eigenvalue weighted by Gasteiger charge is 2.39. The second-order valence-electron chi connectivity index (χ2n) is 15.4. The molecule has 3 aliphatic rings. The highest BCUT2D eigenvalue weighted by atomic mass is 16.5. The normalized spacial score (nSPS) is 22.0. The van der Waals surface area contributed by atoms with Crippen LogP contribution in [0.1, 0.15) is 75.9 Å². The Morgan fingerprint density at radius 1 is 0.862 bits per heavy atom. The van der Waals surface area contributed by atoms with Crippen molar-refractivity contribution >= 4 is 24.0 Å². The molecule has 0 unspecified atom stereocenters. The Morgan fingerprint density at radius 2 is 1.52 bits per heavy atom. The van der Waals surface area contributed by atoms with Crippen molar-refractivity contribution in [3.8, 4) is 33.6 Å². The average Bonchev–Trinajstić information content (AvgIpc) is 4.07. The van der Waals surface area contributed by atoms with Crippen molar-refractivity contribution in [2.45, 2.75) is 77.2 Å². The fourth-order valence-corrected chi connectivity index (χ4v) is 8.14. The van der Waals surface area contributed by atoms with Gasteiger partial charge in [0.1, 0.15) is 23.7 Å². The van der Waals surface area contributed by atoms with Gasteiger partial charge in [-0.05, 0) is 42.7 Å². The van der Waals surface area contributed by atoms with Gasteiger partial charge in [0.05, 0.1) is 56.6 Å². The Kier molecular flexibility index (Phi) is 12.3. The SMILES string of the molecule is COC(=O)N[C@H](C(=O)N1CCC[C@H]1c1nc(-c2ccc(-c3ccc(-c4nc5[nH]c4COC/C=C/[C@H](C)[C@H](NC(=O)OC)C(=O)N4CCC[C@@H]54)cc3)cc2)c[nH]1)C(C)C. The van der Waals surface area contributed by atoms with Gasteiger partial charge < -0.3 is 44.6 Å². The van der Waals surface area contributed by atoms with E-state index in [0.717, 1.165) is 65.0 Å². The number of aromatic nitrogens is 4. The van der Waals surface area contributed by atoms with E-state index < -0.39 is 24.3 Å². The number of imidazole rings is 2. The van der Waals surface area contributed by atoms with E-state index in [2.05, 4.69) is 44.9 Å². The molecule has 4 amide bonds. The van der Waals surface area contributed by atoms with Crippen LogP contribution >= 0.6 is 0 Å². The zero-order valence-corrected chi connectivity index (χ0v) is 33.6. The lowest BCUT2D eigenvalue weighted by molar-refractivity contribution is -0.136. The number of hydrogen-bond donors (Lipinski definition) is 4. The molecular formula is C43H52N8O7. The Morgan fingerprint density at radius 3 is 2.21 bits per heavy atom. The lowest BCUT2D eigenvalue weighted by Crippen LogP contribution is -2.51. The van der Waals surface area contributed by atoms with Crippen LogP contribution < -0.4 is 10.6 Å². The van der Waals surface area contributed by atoms with E-state index in [1.807, 2.05) is 68.3 Å². The average molecular weight is 793 g/mol. The molecule has 15 heteroatoms. The molecule has 2 aromatic carbocycles. The summed E-state index contributed by atoms with van der Waals surface area (Å²) in [6, 6.07) is 14.5. The molecule has 5 heterocycles. The summed E-state index contributed by atoms with van der Waals surface area (Å²) in [5.41, 5.74) is 6.31. The van der Waals surface area contributed by atoms with Gasteiger partial charge in [0, 0.05) is 36.3 Å². The molecule has 58 heavy (non-hydrogen) atoms. The van der Waals surface area contributed by atoms with Crippen molar-refractivity contribution in [1.29, 1.82) is 0 Å². The van der Waals surface area contributed by atoms with Crippen molar-refractivity contribution in [3.05, 3.63) is 84.2 Å². The fourth-order valence-electron chi connectivity index (χ4n) is 8.14. The number of H-pyrrole nitrogens is 2. The van der Waals surface area contributed by atoms with E-state index in [-0.39, 0.29) is 35.7 Å². The standard InChI is InChI=1S/C43H52N8O7/c1-25(2)35(48-42(54)56-4)40(52)50-20-6-10-33(50)38-44-23-31(45-38)29-16-12-27(13-17-29)28-14-18-30(19-15-28)37-32-24-58-22-8-9-26(3)36(49-43(55)57-5)41(53)51-21-7-11-34(51)39(46-32)47-37/h8-9,12-19,23,25-26,33-36H,6-7,10-11,20-22,24H2,1-5H3,(H,44,45)(H,46,47)(H,48,54)(H,49,55)/b9-8+/t26-,33-,34-,35-,36-/m0/s1. The molecule has 0 radical (unpaired) electrons. The third-order valence-electron chi connectivity index (χ3n) is 11.3. The number of likely N-dealkylation sites (tertiary alicyclic amines) is 1. The molecule has 306 valence electrons. The molecular weight excluding hydrogens is 741 g/mol. The summed E-state index contributed by atoms with van der Waals surface area (Å²) in [7, 11) is 2.57. The molecule has 2 saturated heterocycles. The van der Waals surface area contributed by atoms with E-state index in [0.29, 0.717) is 38.0 Å². The minimum absolute atomic E-state index is 0.111. The van der Waals surface area contributed by atoms with Gasteiger partial charge in [0.25, 0.3) is 0 Å². The fraction of sp³-hybridized carbons (Fsp3) is 0.442. The number of nitrogens with zero attached hydrogens (tertiary/aromatic N) is 4. The van der Waals surface area contributed by atoms with Gasteiger partial charge in [-0.15, -0.1) is 0 Å². The third kappa shape index (κ3) is 8.49. The number of aromatic amines is 2. The van der Waals surface area contributed by atoms with Crippen LogP contribution in [0, 0.1) is 11.8 Å². The molecule has 4 aromatic rings. The zero-order valence-electron chi connectivity index (χ0n) is 33.6. The van der Waals surface area contributed by atoms with Crippen molar-refractivity contribution < 1.29 is 33.4 Å². The van der Waals surface area contributed by atoms with E-state index in [9.17, 15) is 19.2 Å². The first-order valence-corrected chi connectivity index (χ1v) is 20.0. The summed E-state index contributed by atoms with van der Waals surface area (Å²) in [5.74, 6) is 0.703. The number of alkyl carbamates (subject to hydrolysis) is 2. The number of amides is 4. The van der Waals surface area contributed by atoms with Crippen LogP contribution in [0.15, 0.2) is 66.9 Å². The zero-order chi connectivity index (χ0) is 40.9. The quantitative estimate of drug-likeness (QED) is 0.149. The van der Waals surface area contributed by atoms with Crippen LogP contribution in [0.3, 0.4) is 0 Å². The number of ether oxygens (including phenoxy) is 3. The number of benzene rings is 2. The lowest BCUT2D eigenvalue weighted by Gasteiger charge is -2.30. The number of fused-ring (bicyclic) bond motifs is 4. The first-order chi connectivity index (χ1) is 28.1. The van der Waals surface area contributed by atoms with Gasteiger partial charge in [-0.3, -0.25) is 9.59 Å². The maximum Gasteiger partial charge on any atom is 0.407 e. The second-order valence-corrected chi connectivity index (χ2v) is 15.4. The maximum absolute atomic E-state index is 13.9. The minimum atomic E-state index is -0.792. The predicted octanol–water partition coefficient (Wildman–Crippen LogP) is 6.29. The molecule has 3 aliphatic heterocycles. The summed E-state index contributed by atoms with van der Waals surface area (Å²) in [5, 5.41) is 5.44. The molecule has 0 aliphatic carbocycles.